The summed E-state index contributed by atoms with van der Waals surface area (Å²) in [5, 5.41) is 11.0. The average molecular weight is 222 g/mol. The fraction of sp³-hybridized carbons (Fsp3) is 0.222. The lowest BCUT2D eigenvalue weighted by Gasteiger charge is -1.97. The molecular formula is C9H10N4OS. The second-order valence-electron chi connectivity index (χ2n) is 3.05. The maximum atomic E-state index is 11.5. The maximum Gasteiger partial charge on any atom is 0.248 e. The number of hydrogen-bond acceptors (Lipinski definition) is 4. The zero-order valence-electron chi connectivity index (χ0n) is 8.15. The number of nitrogens with zero attached hydrogens (tertiary/aromatic N) is 2. The lowest BCUT2D eigenvalue weighted by molar-refractivity contribution is -0.115. The third-order valence-corrected chi connectivity index (χ3v) is 2.64. The van der Waals surface area contributed by atoms with Crippen molar-refractivity contribution in [2.75, 3.05) is 5.32 Å². The Morgan fingerprint density at radius 2 is 2.53 bits per heavy atom. The molecular weight excluding hydrogens is 212 g/mol. The minimum absolute atomic E-state index is 0.101. The SMILES string of the molecule is Cc1nc(NC(=O)Cc2cccs2)n[nH]1. The van der Waals surface area contributed by atoms with Gasteiger partial charge in [0.2, 0.25) is 11.9 Å². The van der Waals surface area contributed by atoms with Crippen LogP contribution < -0.4 is 5.32 Å². The number of aromatic amines is 1. The first-order valence-electron chi connectivity index (χ1n) is 4.45. The Kier molecular flexibility index (Phi) is 2.77. The maximum absolute atomic E-state index is 11.5. The second-order valence-corrected chi connectivity index (χ2v) is 4.08. The predicted molar refractivity (Wildman–Crippen MR) is 57.8 cm³/mol. The summed E-state index contributed by atoms with van der Waals surface area (Å²) in [5.41, 5.74) is 0. The van der Waals surface area contributed by atoms with Crippen molar-refractivity contribution in [3.8, 4) is 0 Å². The van der Waals surface area contributed by atoms with Crippen LogP contribution in [-0.4, -0.2) is 21.1 Å². The van der Waals surface area contributed by atoms with E-state index in [1.165, 1.54) is 0 Å². The van der Waals surface area contributed by atoms with Crippen molar-refractivity contribution in [2.24, 2.45) is 0 Å². The van der Waals surface area contributed by atoms with Crippen molar-refractivity contribution in [2.45, 2.75) is 13.3 Å². The fourth-order valence-corrected chi connectivity index (χ4v) is 1.84. The Hall–Kier alpha value is -1.69. The molecule has 2 heterocycles. The van der Waals surface area contributed by atoms with E-state index >= 15 is 0 Å². The summed E-state index contributed by atoms with van der Waals surface area (Å²) in [6.45, 7) is 1.78. The topological polar surface area (TPSA) is 70.7 Å². The second kappa shape index (κ2) is 4.22. The van der Waals surface area contributed by atoms with Crippen LogP contribution in [0.4, 0.5) is 5.95 Å². The summed E-state index contributed by atoms with van der Waals surface area (Å²) >= 11 is 1.56. The summed E-state index contributed by atoms with van der Waals surface area (Å²) in [7, 11) is 0. The standard InChI is InChI=1S/C9H10N4OS/c1-6-10-9(13-12-6)11-8(14)5-7-3-2-4-15-7/h2-4H,5H2,1H3,(H2,10,11,12,13,14). The molecule has 0 radical (unpaired) electrons. The number of hydrogen-bond donors (Lipinski definition) is 2. The highest BCUT2D eigenvalue weighted by molar-refractivity contribution is 7.10. The largest absolute Gasteiger partial charge is 0.293 e. The van der Waals surface area contributed by atoms with Crippen molar-refractivity contribution in [1.82, 2.24) is 15.2 Å². The number of thiophene rings is 1. The first-order valence-corrected chi connectivity index (χ1v) is 5.33. The van der Waals surface area contributed by atoms with E-state index in [2.05, 4.69) is 20.5 Å². The molecule has 1 amide bonds. The van der Waals surface area contributed by atoms with E-state index in [1.54, 1.807) is 18.3 Å². The first-order chi connectivity index (χ1) is 7.24. The molecule has 15 heavy (non-hydrogen) atoms. The molecule has 0 atom stereocenters. The molecule has 0 fully saturated rings. The highest BCUT2D eigenvalue weighted by atomic mass is 32.1. The average Bonchev–Trinajstić information content (AvgIpc) is 2.77. The normalized spacial score (nSPS) is 10.2. The van der Waals surface area contributed by atoms with Crippen LogP contribution in [0.25, 0.3) is 0 Å². The molecule has 2 rings (SSSR count). The molecule has 2 aromatic heterocycles. The van der Waals surface area contributed by atoms with Crippen molar-refractivity contribution in [3.05, 3.63) is 28.2 Å². The van der Waals surface area contributed by atoms with E-state index < -0.39 is 0 Å². The van der Waals surface area contributed by atoms with Crippen LogP contribution in [0.15, 0.2) is 17.5 Å². The van der Waals surface area contributed by atoms with Gasteiger partial charge in [0.15, 0.2) is 0 Å². The van der Waals surface area contributed by atoms with Gasteiger partial charge in [-0.15, -0.1) is 16.4 Å². The Morgan fingerprint density at radius 1 is 1.67 bits per heavy atom. The van der Waals surface area contributed by atoms with E-state index in [-0.39, 0.29) is 5.91 Å². The number of H-pyrrole nitrogens is 1. The van der Waals surface area contributed by atoms with Crippen molar-refractivity contribution in [3.63, 3.8) is 0 Å². The number of amides is 1. The van der Waals surface area contributed by atoms with Crippen LogP contribution in [0.5, 0.6) is 0 Å². The molecule has 0 saturated carbocycles. The van der Waals surface area contributed by atoms with Crippen LogP contribution in [-0.2, 0) is 11.2 Å². The summed E-state index contributed by atoms with van der Waals surface area (Å²) in [6.07, 6.45) is 0.366. The predicted octanol–water partition coefficient (Wildman–Crippen LogP) is 1.36. The Morgan fingerprint density at radius 3 is 3.13 bits per heavy atom. The van der Waals surface area contributed by atoms with E-state index in [0.29, 0.717) is 18.2 Å². The fourth-order valence-electron chi connectivity index (χ4n) is 1.14. The van der Waals surface area contributed by atoms with E-state index in [1.807, 2.05) is 17.5 Å². The van der Waals surface area contributed by atoms with Crippen molar-refractivity contribution < 1.29 is 4.79 Å². The molecule has 0 aromatic carbocycles. The van der Waals surface area contributed by atoms with Gasteiger partial charge in [0.25, 0.3) is 0 Å². The molecule has 0 aliphatic heterocycles. The van der Waals surface area contributed by atoms with Crippen LogP contribution >= 0.6 is 11.3 Å². The van der Waals surface area contributed by atoms with Crippen molar-refractivity contribution >= 4 is 23.2 Å². The Labute approximate surface area is 90.6 Å². The lowest BCUT2D eigenvalue weighted by atomic mass is 10.3. The van der Waals surface area contributed by atoms with Gasteiger partial charge < -0.3 is 0 Å². The summed E-state index contributed by atoms with van der Waals surface area (Å²) in [6, 6.07) is 3.84. The zero-order valence-corrected chi connectivity index (χ0v) is 8.97. The molecule has 78 valence electrons. The molecule has 0 bridgehead atoms. The highest BCUT2D eigenvalue weighted by Crippen LogP contribution is 2.09. The minimum Gasteiger partial charge on any atom is -0.293 e. The van der Waals surface area contributed by atoms with Gasteiger partial charge in [-0.25, -0.2) is 0 Å². The van der Waals surface area contributed by atoms with E-state index in [9.17, 15) is 4.79 Å². The minimum atomic E-state index is -0.101. The molecule has 0 aliphatic carbocycles. The van der Waals surface area contributed by atoms with Gasteiger partial charge in [-0.3, -0.25) is 15.2 Å². The number of aromatic nitrogens is 3. The van der Waals surface area contributed by atoms with Crippen LogP contribution in [0, 0.1) is 6.92 Å². The number of carbonyl (C=O) groups excluding carboxylic acids is 1. The van der Waals surface area contributed by atoms with Gasteiger partial charge in [0.05, 0.1) is 6.42 Å². The lowest BCUT2D eigenvalue weighted by Crippen LogP contribution is -2.14. The molecule has 2 aromatic rings. The zero-order chi connectivity index (χ0) is 10.7. The summed E-state index contributed by atoms with van der Waals surface area (Å²) < 4.78 is 0. The van der Waals surface area contributed by atoms with Gasteiger partial charge >= 0.3 is 0 Å². The quantitative estimate of drug-likeness (QED) is 0.823. The van der Waals surface area contributed by atoms with E-state index in [4.69, 9.17) is 0 Å². The number of rotatable bonds is 3. The number of anilines is 1. The molecule has 0 saturated heterocycles. The van der Waals surface area contributed by atoms with Crippen LogP contribution in [0.1, 0.15) is 10.7 Å². The van der Waals surface area contributed by atoms with Gasteiger partial charge in [-0.1, -0.05) is 6.07 Å². The molecule has 6 heteroatoms. The Balaban J connectivity index is 1.93. The third kappa shape index (κ3) is 2.63. The molecule has 0 spiro atoms. The summed E-state index contributed by atoms with van der Waals surface area (Å²) in [5.74, 6) is 0.909. The van der Waals surface area contributed by atoms with Gasteiger partial charge in [-0.05, 0) is 18.4 Å². The third-order valence-electron chi connectivity index (χ3n) is 1.76. The van der Waals surface area contributed by atoms with Gasteiger partial charge in [-0.2, -0.15) is 4.98 Å². The summed E-state index contributed by atoms with van der Waals surface area (Å²) in [4.78, 5) is 16.5. The molecule has 0 unspecified atom stereocenters. The number of aryl methyl sites for hydroxylation is 1. The number of carbonyl (C=O) groups is 1. The first kappa shape index (κ1) is 9.85. The van der Waals surface area contributed by atoms with Crippen LogP contribution in [0.2, 0.25) is 0 Å². The Bertz CT molecular complexity index is 448. The molecule has 2 N–H and O–H groups in total. The van der Waals surface area contributed by atoms with Gasteiger partial charge in [0.1, 0.15) is 5.82 Å². The van der Waals surface area contributed by atoms with Gasteiger partial charge in [0, 0.05) is 4.88 Å². The monoisotopic (exact) mass is 222 g/mol. The van der Waals surface area contributed by atoms with Crippen molar-refractivity contribution in [1.29, 1.82) is 0 Å². The van der Waals surface area contributed by atoms with E-state index in [0.717, 1.165) is 4.88 Å². The number of nitrogens with one attached hydrogen (secondary N) is 2. The highest BCUT2D eigenvalue weighted by Gasteiger charge is 2.07. The molecule has 5 nitrogen and oxygen atoms in total. The van der Waals surface area contributed by atoms with Crippen LogP contribution in [0.3, 0.4) is 0 Å². The smallest absolute Gasteiger partial charge is 0.248 e. The molecule has 0 aliphatic rings.